The van der Waals surface area contributed by atoms with Crippen LogP contribution in [0, 0.1) is 11.8 Å². The lowest BCUT2D eigenvalue weighted by Gasteiger charge is -2.33. The minimum absolute atomic E-state index is 0. The second-order valence-electron chi connectivity index (χ2n) is 5.61. The molecule has 0 atom stereocenters. The number of carbonyl (C=O) groups is 1. The van der Waals surface area contributed by atoms with E-state index in [4.69, 9.17) is 0 Å². The molecule has 0 unspecified atom stereocenters. The highest BCUT2D eigenvalue weighted by atomic mass is 35.5. The van der Waals surface area contributed by atoms with Crippen molar-refractivity contribution in [2.75, 3.05) is 19.6 Å². The average Bonchev–Trinajstić information content (AvgIpc) is 3.10. The van der Waals surface area contributed by atoms with Crippen LogP contribution in [0.25, 0.3) is 0 Å². The largest absolute Gasteiger partial charge is 0.342 e. The number of rotatable bonds is 4. The summed E-state index contributed by atoms with van der Waals surface area (Å²) in [7, 11) is 0. The zero-order valence-corrected chi connectivity index (χ0v) is 11.8. The topological polar surface area (TPSA) is 32.3 Å². The van der Waals surface area contributed by atoms with Crippen molar-refractivity contribution in [3.8, 4) is 0 Å². The van der Waals surface area contributed by atoms with Crippen molar-refractivity contribution in [1.29, 1.82) is 0 Å². The SMILES string of the molecule is CC(C)C(=O)N1CCC(NCC2CC2)CC1.Cl. The van der Waals surface area contributed by atoms with E-state index in [9.17, 15) is 4.79 Å². The zero-order chi connectivity index (χ0) is 11.5. The molecule has 1 aliphatic heterocycles. The number of carbonyl (C=O) groups excluding carboxylic acids is 1. The maximum absolute atomic E-state index is 11.8. The molecule has 2 fully saturated rings. The van der Waals surface area contributed by atoms with Gasteiger partial charge in [0.2, 0.25) is 5.91 Å². The number of halogens is 1. The highest BCUT2D eigenvalue weighted by molar-refractivity contribution is 5.85. The first-order valence-corrected chi connectivity index (χ1v) is 6.69. The van der Waals surface area contributed by atoms with Gasteiger partial charge in [0.15, 0.2) is 0 Å². The molecule has 2 aliphatic rings. The summed E-state index contributed by atoms with van der Waals surface area (Å²) >= 11 is 0. The van der Waals surface area contributed by atoms with E-state index >= 15 is 0 Å². The number of likely N-dealkylation sites (tertiary alicyclic amines) is 1. The van der Waals surface area contributed by atoms with Crippen LogP contribution in [0.15, 0.2) is 0 Å². The fourth-order valence-corrected chi connectivity index (χ4v) is 2.32. The van der Waals surface area contributed by atoms with Crippen molar-refractivity contribution in [3.63, 3.8) is 0 Å². The van der Waals surface area contributed by atoms with Crippen molar-refractivity contribution < 1.29 is 4.79 Å². The first kappa shape index (κ1) is 14.8. The molecule has 0 spiro atoms. The lowest BCUT2D eigenvalue weighted by Crippen LogP contribution is -2.46. The molecule has 17 heavy (non-hydrogen) atoms. The number of hydrogen-bond acceptors (Lipinski definition) is 2. The Morgan fingerprint density at radius 2 is 1.82 bits per heavy atom. The van der Waals surface area contributed by atoms with Gasteiger partial charge in [0.25, 0.3) is 0 Å². The maximum atomic E-state index is 11.8. The lowest BCUT2D eigenvalue weighted by molar-refractivity contribution is -0.135. The van der Waals surface area contributed by atoms with Crippen LogP contribution in [0.1, 0.15) is 39.5 Å². The van der Waals surface area contributed by atoms with Gasteiger partial charge in [-0.25, -0.2) is 0 Å². The van der Waals surface area contributed by atoms with E-state index in [1.54, 1.807) is 0 Å². The summed E-state index contributed by atoms with van der Waals surface area (Å²) in [6.07, 6.45) is 5.09. The van der Waals surface area contributed by atoms with E-state index in [1.807, 2.05) is 18.7 Å². The molecule has 0 aromatic carbocycles. The Morgan fingerprint density at radius 1 is 1.24 bits per heavy atom. The zero-order valence-electron chi connectivity index (χ0n) is 10.9. The van der Waals surface area contributed by atoms with E-state index in [-0.39, 0.29) is 18.3 Å². The van der Waals surface area contributed by atoms with Gasteiger partial charge in [0, 0.05) is 25.0 Å². The normalized spacial score (nSPS) is 21.5. The van der Waals surface area contributed by atoms with Crippen molar-refractivity contribution in [1.82, 2.24) is 10.2 Å². The van der Waals surface area contributed by atoms with E-state index < -0.39 is 0 Å². The summed E-state index contributed by atoms with van der Waals surface area (Å²) in [5, 5.41) is 3.63. The van der Waals surface area contributed by atoms with Gasteiger partial charge < -0.3 is 10.2 Å². The van der Waals surface area contributed by atoms with Crippen LogP contribution in [0.2, 0.25) is 0 Å². The lowest BCUT2D eigenvalue weighted by atomic mass is 10.0. The Balaban J connectivity index is 0.00000144. The van der Waals surface area contributed by atoms with Crippen LogP contribution in [-0.2, 0) is 4.79 Å². The molecule has 1 heterocycles. The summed E-state index contributed by atoms with van der Waals surface area (Å²) in [4.78, 5) is 13.8. The molecule has 0 aromatic heterocycles. The third-order valence-corrected chi connectivity index (χ3v) is 3.69. The van der Waals surface area contributed by atoms with Gasteiger partial charge in [0.05, 0.1) is 0 Å². The highest BCUT2D eigenvalue weighted by Gasteiger charge is 2.26. The molecule has 1 saturated heterocycles. The number of nitrogens with zero attached hydrogens (tertiary/aromatic N) is 1. The fourth-order valence-electron chi connectivity index (χ4n) is 2.32. The third kappa shape index (κ3) is 4.47. The molecule has 1 saturated carbocycles. The van der Waals surface area contributed by atoms with E-state index in [0.29, 0.717) is 11.9 Å². The van der Waals surface area contributed by atoms with E-state index in [1.165, 1.54) is 19.4 Å². The minimum Gasteiger partial charge on any atom is -0.342 e. The minimum atomic E-state index is 0. The summed E-state index contributed by atoms with van der Waals surface area (Å²) < 4.78 is 0. The summed E-state index contributed by atoms with van der Waals surface area (Å²) in [6, 6.07) is 0.650. The second-order valence-corrected chi connectivity index (χ2v) is 5.61. The van der Waals surface area contributed by atoms with Gasteiger partial charge >= 0.3 is 0 Å². The van der Waals surface area contributed by atoms with Crippen molar-refractivity contribution in [3.05, 3.63) is 0 Å². The molecule has 1 amide bonds. The van der Waals surface area contributed by atoms with Crippen LogP contribution in [0.5, 0.6) is 0 Å². The summed E-state index contributed by atoms with van der Waals surface area (Å²) in [5.41, 5.74) is 0. The van der Waals surface area contributed by atoms with Crippen LogP contribution >= 0.6 is 12.4 Å². The number of nitrogens with one attached hydrogen (secondary N) is 1. The standard InChI is InChI=1S/C13H24N2O.ClH/c1-10(2)13(16)15-7-5-12(6-8-15)14-9-11-3-4-11;/h10-12,14H,3-9H2,1-2H3;1H. The molecule has 1 N–H and O–H groups in total. The smallest absolute Gasteiger partial charge is 0.225 e. The Morgan fingerprint density at radius 3 is 2.29 bits per heavy atom. The van der Waals surface area contributed by atoms with Gasteiger partial charge in [-0.15, -0.1) is 12.4 Å². The van der Waals surface area contributed by atoms with Crippen molar-refractivity contribution in [2.45, 2.75) is 45.6 Å². The van der Waals surface area contributed by atoms with Gasteiger partial charge in [-0.1, -0.05) is 13.8 Å². The van der Waals surface area contributed by atoms with Gasteiger partial charge in [-0.05, 0) is 38.1 Å². The molecule has 0 radical (unpaired) electrons. The van der Waals surface area contributed by atoms with Gasteiger partial charge in [0.1, 0.15) is 0 Å². The van der Waals surface area contributed by atoms with Gasteiger partial charge in [-0.3, -0.25) is 4.79 Å². The number of amides is 1. The molecule has 0 bridgehead atoms. The highest BCUT2D eigenvalue weighted by Crippen LogP contribution is 2.28. The molecule has 0 aromatic rings. The van der Waals surface area contributed by atoms with Crippen LogP contribution < -0.4 is 5.32 Å². The van der Waals surface area contributed by atoms with Crippen molar-refractivity contribution >= 4 is 18.3 Å². The molecule has 3 nitrogen and oxygen atoms in total. The predicted octanol–water partition coefficient (Wildman–Crippen LogP) is 2.05. The molecule has 100 valence electrons. The Bertz CT molecular complexity index is 246. The first-order valence-electron chi connectivity index (χ1n) is 6.69. The molecular formula is C13H25ClN2O. The van der Waals surface area contributed by atoms with Gasteiger partial charge in [-0.2, -0.15) is 0 Å². The molecule has 1 aliphatic carbocycles. The molecule has 4 heteroatoms. The quantitative estimate of drug-likeness (QED) is 0.839. The predicted molar refractivity (Wildman–Crippen MR) is 72.4 cm³/mol. The summed E-state index contributed by atoms with van der Waals surface area (Å²) in [6.45, 7) is 7.06. The van der Waals surface area contributed by atoms with Crippen LogP contribution in [0.3, 0.4) is 0 Å². The second kappa shape index (κ2) is 6.60. The van der Waals surface area contributed by atoms with E-state index in [0.717, 1.165) is 31.8 Å². The fraction of sp³-hybridized carbons (Fsp3) is 0.923. The van der Waals surface area contributed by atoms with Crippen molar-refractivity contribution in [2.24, 2.45) is 11.8 Å². The Kier molecular flexibility index (Phi) is 5.74. The number of hydrogen-bond donors (Lipinski definition) is 1. The monoisotopic (exact) mass is 260 g/mol. The Hall–Kier alpha value is -0.280. The third-order valence-electron chi connectivity index (χ3n) is 3.69. The Labute approximate surface area is 111 Å². The van der Waals surface area contributed by atoms with Crippen LogP contribution in [0.4, 0.5) is 0 Å². The number of piperidine rings is 1. The molecule has 2 rings (SSSR count). The summed E-state index contributed by atoms with van der Waals surface area (Å²) in [5.74, 6) is 1.42. The first-order chi connectivity index (χ1) is 7.66. The van der Waals surface area contributed by atoms with Crippen LogP contribution in [-0.4, -0.2) is 36.5 Å². The maximum Gasteiger partial charge on any atom is 0.225 e. The molecular weight excluding hydrogens is 236 g/mol. The average molecular weight is 261 g/mol. The van der Waals surface area contributed by atoms with E-state index in [2.05, 4.69) is 5.32 Å².